The number of hydrogen-bond acceptors (Lipinski definition) is 5. The van der Waals surface area contributed by atoms with Crippen molar-refractivity contribution in [1.82, 2.24) is 5.32 Å². The van der Waals surface area contributed by atoms with Crippen molar-refractivity contribution in [3.05, 3.63) is 46.3 Å². The van der Waals surface area contributed by atoms with Crippen LogP contribution >= 0.6 is 0 Å². The number of carbonyl (C=O) groups excluding carboxylic acids is 1. The number of carbonyl (C=O) groups is 1. The number of ether oxygens (including phenoxy) is 2. The lowest BCUT2D eigenvalue weighted by Gasteiger charge is -2.38. The van der Waals surface area contributed by atoms with Gasteiger partial charge in [0.15, 0.2) is 17.3 Å². The second kappa shape index (κ2) is 6.19. The number of nitrogens with one attached hydrogen (secondary N) is 1. The van der Waals surface area contributed by atoms with Gasteiger partial charge in [0, 0.05) is 23.4 Å². The van der Waals surface area contributed by atoms with E-state index in [0.29, 0.717) is 23.5 Å². The molecule has 136 valence electrons. The van der Waals surface area contributed by atoms with Crippen molar-refractivity contribution in [3.63, 3.8) is 0 Å². The van der Waals surface area contributed by atoms with Crippen molar-refractivity contribution < 1.29 is 19.7 Å². The monoisotopic (exact) mass is 354 g/mol. The first-order chi connectivity index (χ1) is 11.9. The van der Waals surface area contributed by atoms with Crippen LogP contribution in [-0.2, 0) is 4.79 Å². The molecule has 2 heterocycles. The van der Waals surface area contributed by atoms with Gasteiger partial charge in [0.1, 0.15) is 0 Å². The standard InChI is InChI=1S/C20H20N2O3.H2O/c1-11-13(9-21)18(12-4-5-16-17(6-12)25-10-24-16)19-14(22-11)7-20(2,3)8-15(19)23;/h4-6,18,22H,7-8,10H2,1-3H3;1H2. The summed E-state index contributed by atoms with van der Waals surface area (Å²) in [7, 11) is 0. The highest BCUT2D eigenvalue weighted by atomic mass is 16.7. The van der Waals surface area contributed by atoms with E-state index < -0.39 is 0 Å². The smallest absolute Gasteiger partial charge is 0.231 e. The predicted molar refractivity (Wildman–Crippen MR) is 95.4 cm³/mol. The molecule has 0 aromatic heterocycles. The Bertz CT molecular complexity index is 890. The lowest BCUT2D eigenvalue weighted by Crippen LogP contribution is -2.36. The molecule has 0 amide bonds. The zero-order chi connectivity index (χ0) is 17.8. The highest BCUT2D eigenvalue weighted by molar-refractivity contribution is 6.00. The van der Waals surface area contributed by atoms with Crippen molar-refractivity contribution in [2.24, 2.45) is 5.41 Å². The molecular formula is C20H22N2O4. The van der Waals surface area contributed by atoms with Crippen LogP contribution in [0.1, 0.15) is 45.1 Å². The van der Waals surface area contributed by atoms with E-state index in [4.69, 9.17) is 9.47 Å². The van der Waals surface area contributed by atoms with E-state index in [-0.39, 0.29) is 29.4 Å². The van der Waals surface area contributed by atoms with Crippen LogP contribution in [0.25, 0.3) is 0 Å². The van der Waals surface area contributed by atoms with E-state index in [1.54, 1.807) is 0 Å². The Morgan fingerprint density at radius 2 is 1.96 bits per heavy atom. The molecule has 1 unspecified atom stereocenters. The van der Waals surface area contributed by atoms with Crippen LogP contribution < -0.4 is 14.8 Å². The Balaban J connectivity index is 0.00000196. The molecule has 0 fully saturated rings. The van der Waals surface area contributed by atoms with Gasteiger partial charge in [-0.05, 0) is 36.5 Å². The first-order valence-corrected chi connectivity index (χ1v) is 8.43. The van der Waals surface area contributed by atoms with Crippen molar-refractivity contribution in [2.75, 3.05) is 6.79 Å². The number of nitrogens with zero attached hydrogens (tertiary/aromatic N) is 1. The molecular weight excluding hydrogens is 332 g/mol. The van der Waals surface area contributed by atoms with Crippen LogP contribution in [0.5, 0.6) is 11.5 Å². The van der Waals surface area contributed by atoms with Crippen molar-refractivity contribution in [3.8, 4) is 17.6 Å². The molecule has 1 atom stereocenters. The second-order valence-corrected chi connectivity index (χ2v) is 7.65. The first-order valence-electron chi connectivity index (χ1n) is 8.43. The molecule has 0 bridgehead atoms. The van der Waals surface area contributed by atoms with Gasteiger partial charge in [-0.15, -0.1) is 0 Å². The zero-order valence-corrected chi connectivity index (χ0v) is 15.1. The van der Waals surface area contributed by atoms with Crippen molar-refractivity contribution in [2.45, 2.75) is 39.5 Å². The summed E-state index contributed by atoms with van der Waals surface area (Å²) in [5.41, 5.74) is 3.88. The molecule has 2 aliphatic heterocycles. The summed E-state index contributed by atoms with van der Waals surface area (Å²) in [6, 6.07) is 7.96. The summed E-state index contributed by atoms with van der Waals surface area (Å²) in [6.45, 7) is 6.30. The van der Waals surface area contributed by atoms with E-state index >= 15 is 0 Å². The molecule has 6 heteroatoms. The van der Waals surface area contributed by atoms with Gasteiger partial charge < -0.3 is 20.3 Å². The lowest BCUT2D eigenvalue weighted by atomic mass is 9.69. The predicted octanol–water partition coefficient (Wildman–Crippen LogP) is 2.72. The van der Waals surface area contributed by atoms with Crippen LogP contribution in [0.4, 0.5) is 0 Å². The molecule has 0 spiro atoms. The number of allylic oxidation sites excluding steroid dienone is 4. The number of dihydropyridines is 1. The number of Topliss-reactive ketones (excluding diaryl/α,β-unsaturated/α-hetero) is 1. The van der Waals surface area contributed by atoms with Gasteiger partial charge >= 0.3 is 0 Å². The van der Waals surface area contributed by atoms with E-state index in [0.717, 1.165) is 29.0 Å². The highest BCUT2D eigenvalue weighted by Gasteiger charge is 2.41. The number of ketones is 1. The van der Waals surface area contributed by atoms with E-state index in [2.05, 4.69) is 25.2 Å². The fraction of sp³-hybridized carbons (Fsp3) is 0.400. The van der Waals surface area contributed by atoms with E-state index in [9.17, 15) is 10.1 Å². The van der Waals surface area contributed by atoms with Crippen LogP contribution in [0, 0.1) is 16.7 Å². The third-order valence-electron chi connectivity index (χ3n) is 5.09. The number of nitriles is 1. The molecule has 1 aliphatic carbocycles. The molecule has 4 rings (SSSR count). The molecule has 1 aromatic carbocycles. The third-order valence-corrected chi connectivity index (χ3v) is 5.09. The third kappa shape index (κ3) is 2.74. The van der Waals surface area contributed by atoms with Gasteiger partial charge in [-0.2, -0.15) is 5.26 Å². The van der Waals surface area contributed by atoms with Gasteiger partial charge in [0.2, 0.25) is 6.79 Å². The van der Waals surface area contributed by atoms with Gasteiger partial charge in [0.05, 0.1) is 17.6 Å². The summed E-state index contributed by atoms with van der Waals surface area (Å²) in [5.74, 6) is 1.12. The zero-order valence-electron chi connectivity index (χ0n) is 15.1. The Labute approximate surface area is 152 Å². The summed E-state index contributed by atoms with van der Waals surface area (Å²) in [5, 5.41) is 13.0. The molecule has 3 N–H and O–H groups in total. The van der Waals surface area contributed by atoms with Crippen LogP contribution in [-0.4, -0.2) is 18.1 Å². The maximum Gasteiger partial charge on any atom is 0.231 e. The van der Waals surface area contributed by atoms with E-state index in [1.165, 1.54) is 0 Å². The second-order valence-electron chi connectivity index (χ2n) is 7.65. The van der Waals surface area contributed by atoms with Gasteiger partial charge in [-0.3, -0.25) is 4.79 Å². The summed E-state index contributed by atoms with van der Waals surface area (Å²) >= 11 is 0. The largest absolute Gasteiger partial charge is 0.454 e. The van der Waals surface area contributed by atoms with Crippen LogP contribution in [0.2, 0.25) is 0 Å². The summed E-state index contributed by atoms with van der Waals surface area (Å²) in [6.07, 6.45) is 1.29. The number of benzene rings is 1. The van der Waals surface area contributed by atoms with Gasteiger partial charge in [0.25, 0.3) is 0 Å². The Morgan fingerprint density at radius 3 is 2.69 bits per heavy atom. The average molecular weight is 354 g/mol. The maximum atomic E-state index is 12.9. The minimum absolute atomic E-state index is 0. The normalized spacial score (nSPS) is 23.0. The van der Waals surface area contributed by atoms with Crippen LogP contribution in [0.15, 0.2) is 40.7 Å². The Kier molecular flexibility index (Phi) is 4.29. The molecule has 0 radical (unpaired) electrons. The summed E-state index contributed by atoms with van der Waals surface area (Å²) < 4.78 is 10.9. The first kappa shape index (κ1) is 18.0. The van der Waals surface area contributed by atoms with E-state index in [1.807, 2.05) is 25.1 Å². The van der Waals surface area contributed by atoms with Gasteiger partial charge in [-0.25, -0.2) is 0 Å². The molecule has 6 nitrogen and oxygen atoms in total. The highest BCUT2D eigenvalue weighted by Crippen LogP contribution is 2.47. The fourth-order valence-corrected chi connectivity index (χ4v) is 4.01. The SMILES string of the molecule is CC1=C(C#N)C(c2ccc3c(c2)OCO3)C2=C(CC(C)(C)CC2=O)N1.O. The molecule has 26 heavy (non-hydrogen) atoms. The van der Waals surface area contributed by atoms with Crippen LogP contribution in [0.3, 0.4) is 0 Å². The Hall–Kier alpha value is -2.78. The average Bonchev–Trinajstić information content (AvgIpc) is 2.99. The molecule has 1 aromatic rings. The van der Waals surface area contributed by atoms with Crippen molar-refractivity contribution in [1.29, 1.82) is 5.26 Å². The molecule has 0 saturated carbocycles. The topological polar surface area (TPSA) is 103 Å². The lowest BCUT2D eigenvalue weighted by molar-refractivity contribution is -0.118. The molecule has 3 aliphatic rings. The Morgan fingerprint density at radius 1 is 1.23 bits per heavy atom. The number of hydrogen-bond donors (Lipinski definition) is 1. The number of fused-ring (bicyclic) bond motifs is 1. The molecule has 0 saturated heterocycles. The quantitative estimate of drug-likeness (QED) is 0.835. The van der Waals surface area contributed by atoms with Crippen molar-refractivity contribution >= 4 is 5.78 Å². The minimum atomic E-state index is -0.348. The maximum absolute atomic E-state index is 12.9. The minimum Gasteiger partial charge on any atom is -0.454 e. The number of rotatable bonds is 1. The van der Waals surface area contributed by atoms with Gasteiger partial charge in [-0.1, -0.05) is 19.9 Å². The fourth-order valence-electron chi connectivity index (χ4n) is 4.01. The summed E-state index contributed by atoms with van der Waals surface area (Å²) in [4.78, 5) is 12.9.